The SMILES string of the molecule is Cc1ccc(S(=O)(=O)OCc2ccccc2COc2ccc3c(c2)-c2nc-3nc3[nH]c(nc4nc(nc5[nH]c(n2)c2cc(C(C)(C)C)ccc52)-c2cc(C(C)(C)C)ccc2-4)c2cc(C(C)(C)C)ccc32)cc1. The van der Waals surface area contributed by atoms with Crippen molar-refractivity contribution in [2.24, 2.45) is 0 Å². The average Bonchev–Trinajstić information content (AvgIpc) is 4.07. The van der Waals surface area contributed by atoms with E-state index in [2.05, 4.69) is 127 Å². The summed E-state index contributed by atoms with van der Waals surface area (Å²) in [4.78, 5) is 39.0. The van der Waals surface area contributed by atoms with Gasteiger partial charge in [-0.25, -0.2) is 29.9 Å². The molecule has 9 aromatic rings. The molecule has 0 unspecified atom stereocenters. The van der Waals surface area contributed by atoms with E-state index in [9.17, 15) is 8.42 Å². The van der Waals surface area contributed by atoms with E-state index in [1.807, 2.05) is 49.4 Å². The van der Waals surface area contributed by atoms with Crippen molar-refractivity contribution in [3.63, 3.8) is 0 Å². The van der Waals surface area contributed by atoms with Crippen LogP contribution in [0.2, 0.25) is 0 Å². The molecule has 8 bridgehead atoms. The lowest BCUT2D eigenvalue weighted by atomic mass is 9.85. The van der Waals surface area contributed by atoms with Gasteiger partial charge in [-0.2, -0.15) is 8.42 Å². The number of benzene rings is 6. The van der Waals surface area contributed by atoms with E-state index >= 15 is 0 Å². The van der Waals surface area contributed by atoms with Crippen molar-refractivity contribution >= 4 is 54.3 Å². The lowest BCUT2D eigenvalue weighted by molar-refractivity contribution is 0.287. The highest BCUT2D eigenvalue weighted by molar-refractivity contribution is 7.86. The minimum atomic E-state index is -3.99. The predicted octanol–water partition coefficient (Wildman–Crippen LogP) is 13.6. The molecule has 13 heteroatoms. The summed E-state index contributed by atoms with van der Waals surface area (Å²) in [6.07, 6.45) is 0. The third kappa shape index (κ3) is 8.70. The number of fused-ring (bicyclic) bond motifs is 20. The first-order chi connectivity index (χ1) is 34.2. The molecule has 5 heterocycles. The van der Waals surface area contributed by atoms with E-state index in [0.717, 1.165) is 71.6 Å². The van der Waals surface area contributed by atoms with Crippen LogP contribution >= 0.6 is 0 Å². The monoisotopic (exact) mass is 972 g/mol. The third-order valence-electron chi connectivity index (χ3n) is 13.6. The molecule has 0 saturated heterocycles. The van der Waals surface area contributed by atoms with Crippen LogP contribution < -0.4 is 4.74 Å². The molecule has 0 spiro atoms. The fourth-order valence-electron chi connectivity index (χ4n) is 9.18. The van der Waals surface area contributed by atoms with Gasteiger partial charge in [0.15, 0.2) is 23.3 Å². The fraction of sp³-hybridized carbons (Fsp3) is 0.254. The smallest absolute Gasteiger partial charge is 0.297 e. The molecular weight excluding hydrogens is 917 g/mol. The fourth-order valence-corrected chi connectivity index (χ4v) is 10.1. The number of aromatic nitrogens is 8. The molecule has 0 amide bonds. The number of nitrogens with zero attached hydrogens (tertiary/aromatic N) is 6. The summed E-state index contributed by atoms with van der Waals surface area (Å²) in [5.41, 5.74) is 11.2. The van der Waals surface area contributed by atoms with Gasteiger partial charge in [-0.1, -0.05) is 141 Å². The maximum Gasteiger partial charge on any atom is 0.297 e. The van der Waals surface area contributed by atoms with E-state index in [0.29, 0.717) is 57.2 Å². The van der Waals surface area contributed by atoms with Crippen LogP contribution in [0.5, 0.6) is 5.75 Å². The van der Waals surface area contributed by atoms with Crippen LogP contribution in [0.25, 0.3) is 89.7 Å². The zero-order valence-corrected chi connectivity index (χ0v) is 43.0. The van der Waals surface area contributed by atoms with Crippen molar-refractivity contribution in [1.82, 2.24) is 39.9 Å². The maximum atomic E-state index is 13.1. The summed E-state index contributed by atoms with van der Waals surface area (Å²) in [6, 6.07) is 39.2. The summed E-state index contributed by atoms with van der Waals surface area (Å²) < 4.78 is 38.3. The second kappa shape index (κ2) is 17.0. The Balaban J connectivity index is 1.10. The minimum absolute atomic E-state index is 0.104. The molecule has 2 aliphatic rings. The largest absolute Gasteiger partial charge is 0.489 e. The molecule has 2 aliphatic heterocycles. The standard InChI is InChI=1S/C59H56N8O4S/c1-33-15-21-40(22-16-33)72(68,69)71-32-35-14-12-11-13-34(35)31-70-39-20-26-44-48(30-39)56-66-52(44)60-49-41-23-17-36(57(2,3)4)27-45(41)53(61-49)62-50-42-24-18-37(58(5,6)7)28-46(42)54(63-50)64-51-43-25-19-38(59(8,9)10)29-47(43)55(65-51)67-56/h11-30H,31-32H2,1-10H3,(H2,60,61,62,63,64,65,66,67). The average molecular weight is 973 g/mol. The van der Waals surface area contributed by atoms with Crippen molar-refractivity contribution in [2.75, 3.05) is 0 Å². The van der Waals surface area contributed by atoms with E-state index in [1.54, 1.807) is 24.3 Å². The highest BCUT2D eigenvalue weighted by Crippen LogP contribution is 2.41. The van der Waals surface area contributed by atoms with Crippen LogP contribution in [0.3, 0.4) is 0 Å². The van der Waals surface area contributed by atoms with E-state index < -0.39 is 10.1 Å². The Hall–Kier alpha value is -7.61. The van der Waals surface area contributed by atoms with E-state index in [1.165, 1.54) is 0 Å². The molecule has 0 fully saturated rings. The van der Waals surface area contributed by atoms with Crippen molar-refractivity contribution in [3.05, 3.63) is 155 Å². The van der Waals surface area contributed by atoms with Gasteiger partial charge in [0.05, 0.1) is 11.5 Å². The van der Waals surface area contributed by atoms with Gasteiger partial charge in [-0.15, -0.1) is 0 Å². The Labute approximate surface area is 419 Å². The lowest BCUT2D eigenvalue weighted by Crippen LogP contribution is -2.10. The van der Waals surface area contributed by atoms with Crippen LogP contribution in [-0.4, -0.2) is 48.3 Å². The number of H-pyrrole nitrogens is 2. The number of nitrogens with one attached hydrogen (secondary N) is 2. The quantitative estimate of drug-likeness (QED) is 0.147. The van der Waals surface area contributed by atoms with Gasteiger partial charge in [0.25, 0.3) is 10.1 Å². The van der Waals surface area contributed by atoms with Gasteiger partial charge < -0.3 is 14.7 Å². The Morgan fingerprint density at radius 2 is 0.875 bits per heavy atom. The Morgan fingerprint density at radius 3 is 1.39 bits per heavy atom. The number of hydrogen-bond acceptors (Lipinski definition) is 10. The molecule has 6 aromatic carbocycles. The highest BCUT2D eigenvalue weighted by atomic mass is 32.2. The van der Waals surface area contributed by atoms with Crippen molar-refractivity contribution in [1.29, 1.82) is 0 Å². The van der Waals surface area contributed by atoms with Crippen LogP contribution in [0, 0.1) is 6.92 Å². The van der Waals surface area contributed by atoms with Gasteiger partial charge in [-0.05, 0) is 99.5 Å². The van der Waals surface area contributed by atoms with Gasteiger partial charge >= 0.3 is 0 Å². The van der Waals surface area contributed by atoms with Crippen LogP contribution in [0.4, 0.5) is 0 Å². The zero-order chi connectivity index (χ0) is 50.5. The Kier molecular flexibility index (Phi) is 11.1. The zero-order valence-electron chi connectivity index (χ0n) is 42.2. The second-order valence-corrected chi connectivity index (χ2v) is 23.6. The number of hydrogen-bond donors (Lipinski definition) is 2. The maximum absolute atomic E-state index is 13.1. The van der Waals surface area contributed by atoms with Gasteiger partial charge in [0, 0.05) is 43.8 Å². The normalized spacial score (nSPS) is 12.9. The molecule has 11 rings (SSSR count). The summed E-state index contributed by atoms with van der Waals surface area (Å²) >= 11 is 0. The van der Waals surface area contributed by atoms with Gasteiger partial charge in [-0.3, -0.25) is 4.18 Å². The topological polar surface area (TPSA) is 162 Å². The van der Waals surface area contributed by atoms with E-state index in [-0.39, 0.29) is 34.4 Å². The first kappa shape index (κ1) is 46.8. The number of ether oxygens (including phenoxy) is 1. The molecule has 0 radical (unpaired) electrons. The van der Waals surface area contributed by atoms with Gasteiger partial charge in [0.1, 0.15) is 34.9 Å². The van der Waals surface area contributed by atoms with Crippen LogP contribution in [0.15, 0.2) is 126 Å². The molecule has 362 valence electrons. The Morgan fingerprint density at radius 1 is 0.444 bits per heavy atom. The summed E-state index contributed by atoms with van der Waals surface area (Å²) in [5, 5.41) is 3.58. The lowest BCUT2D eigenvalue weighted by Gasteiger charge is -2.19. The molecule has 72 heavy (non-hydrogen) atoms. The second-order valence-electron chi connectivity index (χ2n) is 21.9. The van der Waals surface area contributed by atoms with E-state index in [4.69, 9.17) is 38.8 Å². The summed E-state index contributed by atoms with van der Waals surface area (Å²) in [7, 11) is -3.99. The van der Waals surface area contributed by atoms with Crippen molar-refractivity contribution in [2.45, 2.75) is 104 Å². The number of aryl methyl sites for hydroxylation is 1. The molecule has 0 atom stereocenters. The summed E-state index contributed by atoms with van der Waals surface area (Å²) in [6.45, 7) is 21.7. The molecule has 3 aromatic heterocycles. The number of rotatable bonds is 7. The van der Waals surface area contributed by atoms with Crippen LogP contribution in [0.1, 0.15) is 95.7 Å². The first-order valence-electron chi connectivity index (χ1n) is 24.2. The van der Waals surface area contributed by atoms with Crippen molar-refractivity contribution in [3.8, 4) is 51.3 Å². The number of aromatic amines is 2. The van der Waals surface area contributed by atoms with Crippen LogP contribution in [-0.2, 0) is 43.8 Å². The molecular formula is C59H56N8O4S. The Bertz CT molecular complexity index is 3970. The first-order valence-corrected chi connectivity index (χ1v) is 25.6. The summed E-state index contributed by atoms with van der Waals surface area (Å²) in [5.74, 6) is 2.58. The molecule has 2 N–H and O–H groups in total. The minimum Gasteiger partial charge on any atom is -0.489 e. The van der Waals surface area contributed by atoms with Gasteiger partial charge in [0.2, 0.25) is 0 Å². The highest BCUT2D eigenvalue weighted by Gasteiger charge is 2.27. The molecule has 0 saturated carbocycles. The third-order valence-corrected chi connectivity index (χ3v) is 14.9. The predicted molar refractivity (Wildman–Crippen MR) is 286 cm³/mol. The molecule has 0 aliphatic carbocycles. The molecule has 12 nitrogen and oxygen atoms in total. The van der Waals surface area contributed by atoms with Crippen molar-refractivity contribution < 1.29 is 17.3 Å².